The summed E-state index contributed by atoms with van der Waals surface area (Å²) in [6, 6.07) is 27.2. The van der Waals surface area contributed by atoms with Crippen LogP contribution >= 0.6 is 22.6 Å². The highest BCUT2D eigenvalue weighted by Crippen LogP contribution is 2.44. The molecule has 0 unspecified atom stereocenters. The van der Waals surface area contributed by atoms with Gasteiger partial charge in [-0.05, 0) is 34.7 Å². The molecule has 3 heteroatoms. The van der Waals surface area contributed by atoms with E-state index in [1.807, 2.05) is 18.2 Å². The summed E-state index contributed by atoms with van der Waals surface area (Å²) in [4.78, 5) is 0. The fraction of sp³-hybridized carbons (Fsp3) is 0.0435. The van der Waals surface area contributed by atoms with Crippen LogP contribution < -0.4 is 0 Å². The van der Waals surface area contributed by atoms with Gasteiger partial charge in [-0.1, -0.05) is 66.7 Å². The topological polar surface area (TPSA) is 18.1 Å². The smallest absolute Gasteiger partial charge is 0.144 e. The molecule has 126 valence electrons. The summed E-state index contributed by atoms with van der Waals surface area (Å²) in [5.41, 5.74) is 5.61. The Morgan fingerprint density at radius 1 is 0.769 bits per heavy atom. The van der Waals surface area contributed by atoms with Gasteiger partial charge in [-0.2, -0.15) is 0 Å². The molecule has 0 atom stereocenters. The Morgan fingerprint density at radius 2 is 1.42 bits per heavy atom. The average molecular weight is 449 g/mol. The van der Waals surface area contributed by atoms with Gasteiger partial charge < -0.3 is 8.98 Å². The Labute approximate surface area is 165 Å². The molecule has 5 rings (SSSR count). The van der Waals surface area contributed by atoms with Crippen LogP contribution in [0.1, 0.15) is 0 Å². The highest BCUT2D eigenvalue weighted by atomic mass is 127. The van der Waals surface area contributed by atoms with Gasteiger partial charge in [0.25, 0.3) is 0 Å². The molecule has 2 aromatic heterocycles. The molecular formula is C23H16INO. The number of fused-ring (bicyclic) bond motifs is 2. The van der Waals surface area contributed by atoms with Crippen molar-refractivity contribution in [2.24, 2.45) is 7.05 Å². The van der Waals surface area contributed by atoms with Crippen LogP contribution in [0.4, 0.5) is 0 Å². The second-order valence-corrected chi connectivity index (χ2v) is 7.49. The highest BCUT2D eigenvalue weighted by Gasteiger charge is 2.23. The van der Waals surface area contributed by atoms with Crippen molar-refractivity contribution < 1.29 is 4.42 Å². The molecule has 0 N–H and O–H groups in total. The molecule has 0 saturated carbocycles. The number of nitrogens with zero attached hydrogens (tertiary/aromatic N) is 1. The Hall–Kier alpha value is -2.53. The molecule has 0 amide bonds. The lowest BCUT2D eigenvalue weighted by Gasteiger charge is -2.07. The van der Waals surface area contributed by atoms with E-state index in [9.17, 15) is 0 Å². The molecule has 0 saturated heterocycles. The Morgan fingerprint density at radius 3 is 2.19 bits per heavy atom. The number of para-hydroxylation sites is 2. The van der Waals surface area contributed by atoms with E-state index in [1.165, 1.54) is 20.2 Å². The second kappa shape index (κ2) is 6.02. The number of benzene rings is 3. The number of rotatable bonds is 2. The van der Waals surface area contributed by atoms with Crippen molar-refractivity contribution in [2.45, 2.75) is 0 Å². The molecule has 26 heavy (non-hydrogen) atoms. The van der Waals surface area contributed by atoms with Crippen molar-refractivity contribution in [3.8, 4) is 22.6 Å². The maximum absolute atomic E-state index is 6.33. The average Bonchev–Trinajstić information content (AvgIpc) is 3.19. The van der Waals surface area contributed by atoms with E-state index in [0.717, 1.165) is 27.9 Å². The first-order valence-electron chi connectivity index (χ1n) is 8.56. The van der Waals surface area contributed by atoms with Gasteiger partial charge in [0.05, 0.1) is 11.3 Å². The van der Waals surface area contributed by atoms with Gasteiger partial charge in [-0.25, -0.2) is 0 Å². The maximum Gasteiger partial charge on any atom is 0.144 e. The monoisotopic (exact) mass is 449 g/mol. The quantitative estimate of drug-likeness (QED) is 0.269. The summed E-state index contributed by atoms with van der Waals surface area (Å²) >= 11 is 2.47. The third-order valence-corrected chi connectivity index (χ3v) is 6.01. The molecule has 0 fully saturated rings. The largest absolute Gasteiger partial charge is 0.455 e. The molecule has 5 aromatic rings. The van der Waals surface area contributed by atoms with Crippen LogP contribution in [-0.4, -0.2) is 4.57 Å². The number of aromatic nitrogens is 1. The summed E-state index contributed by atoms with van der Waals surface area (Å²) in [6.07, 6.45) is 0. The SMILES string of the molecule is Cn1c(-c2c(-c3ccccc3)oc3ccccc23)c(I)c2ccccc21. The van der Waals surface area contributed by atoms with Gasteiger partial charge in [0.2, 0.25) is 0 Å². The van der Waals surface area contributed by atoms with Crippen LogP contribution in [0.2, 0.25) is 0 Å². The predicted molar refractivity (Wildman–Crippen MR) is 116 cm³/mol. The van der Waals surface area contributed by atoms with Crippen molar-refractivity contribution in [3.05, 3.63) is 82.4 Å². The number of aryl methyl sites for hydroxylation is 1. The van der Waals surface area contributed by atoms with E-state index < -0.39 is 0 Å². The minimum atomic E-state index is 0.919. The van der Waals surface area contributed by atoms with Crippen molar-refractivity contribution in [1.82, 2.24) is 4.57 Å². The summed E-state index contributed by atoms with van der Waals surface area (Å²) in [5.74, 6) is 0.927. The number of hydrogen-bond donors (Lipinski definition) is 0. The fourth-order valence-electron chi connectivity index (χ4n) is 3.70. The molecular weight excluding hydrogens is 433 g/mol. The first kappa shape index (κ1) is 15.7. The highest BCUT2D eigenvalue weighted by molar-refractivity contribution is 14.1. The van der Waals surface area contributed by atoms with E-state index in [0.29, 0.717) is 0 Å². The summed E-state index contributed by atoms with van der Waals surface area (Å²) in [5, 5.41) is 2.42. The summed E-state index contributed by atoms with van der Waals surface area (Å²) in [7, 11) is 2.14. The van der Waals surface area contributed by atoms with Crippen molar-refractivity contribution in [1.29, 1.82) is 0 Å². The molecule has 0 spiro atoms. The normalized spacial score (nSPS) is 11.5. The fourth-order valence-corrected chi connectivity index (χ4v) is 4.79. The molecule has 0 radical (unpaired) electrons. The molecule has 0 aliphatic carbocycles. The van der Waals surface area contributed by atoms with Crippen LogP contribution in [0.15, 0.2) is 83.3 Å². The maximum atomic E-state index is 6.33. The Balaban J connectivity index is 1.94. The lowest BCUT2D eigenvalue weighted by atomic mass is 10.0. The zero-order valence-electron chi connectivity index (χ0n) is 14.2. The van der Waals surface area contributed by atoms with E-state index in [-0.39, 0.29) is 0 Å². The third-order valence-electron chi connectivity index (χ3n) is 4.91. The zero-order chi connectivity index (χ0) is 17.7. The molecule has 0 bridgehead atoms. The standard InChI is InChI=1S/C23H16INO/c1-25-18-13-7-5-11-16(18)21(24)22(25)20-17-12-6-8-14-19(17)26-23(20)15-9-3-2-4-10-15/h2-14H,1H3. The van der Waals surface area contributed by atoms with Crippen LogP contribution in [-0.2, 0) is 7.05 Å². The molecule has 0 aliphatic rings. The number of hydrogen-bond acceptors (Lipinski definition) is 1. The van der Waals surface area contributed by atoms with Crippen molar-refractivity contribution in [3.63, 3.8) is 0 Å². The molecule has 3 aromatic carbocycles. The van der Waals surface area contributed by atoms with Gasteiger partial charge in [0.1, 0.15) is 11.3 Å². The zero-order valence-corrected chi connectivity index (χ0v) is 16.4. The lowest BCUT2D eigenvalue weighted by Crippen LogP contribution is -1.93. The van der Waals surface area contributed by atoms with Crippen molar-refractivity contribution in [2.75, 3.05) is 0 Å². The minimum absolute atomic E-state index is 0.919. The van der Waals surface area contributed by atoms with Crippen LogP contribution in [0, 0.1) is 3.57 Å². The van der Waals surface area contributed by atoms with E-state index in [1.54, 1.807) is 0 Å². The van der Waals surface area contributed by atoms with E-state index in [2.05, 4.69) is 94.9 Å². The van der Waals surface area contributed by atoms with Gasteiger partial charge >= 0.3 is 0 Å². The van der Waals surface area contributed by atoms with Gasteiger partial charge in [-0.3, -0.25) is 0 Å². The van der Waals surface area contributed by atoms with Gasteiger partial charge in [-0.15, -0.1) is 0 Å². The lowest BCUT2D eigenvalue weighted by molar-refractivity contribution is 0.632. The van der Waals surface area contributed by atoms with Crippen LogP contribution in [0.3, 0.4) is 0 Å². The minimum Gasteiger partial charge on any atom is -0.455 e. The van der Waals surface area contributed by atoms with Crippen LogP contribution in [0.25, 0.3) is 44.5 Å². The number of halogens is 1. The third kappa shape index (κ3) is 2.23. The first-order chi connectivity index (χ1) is 12.8. The second-order valence-electron chi connectivity index (χ2n) is 6.41. The Bertz CT molecular complexity index is 1210. The van der Waals surface area contributed by atoms with Gasteiger partial charge in [0.15, 0.2) is 0 Å². The summed E-state index contributed by atoms with van der Waals surface area (Å²) < 4.78 is 9.86. The van der Waals surface area contributed by atoms with Crippen LogP contribution in [0.5, 0.6) is 0 Å². The predicted octanol–water partition coefficient (Wildman–Crippen LogP) is 6.86. The van der Waals surface area contributed by atoms with E-state index in [4.69, 9.17) is 4.42 Å². The van der Waals surface area contributed by atoms with E-state index >= 15 is 0 Å². The van der Waals surface area contributed by atoms with Gasteiger partial charge in [0, 0.05) is 32.5 Å². The number of furan rings is 1. The van der Waals surface area contributed by atoms with Crippen molar-refractivity contribution >= 4 is 44.5 Å². The summed E-state index contributed by atoms with van der Waals surface area (Å²) in [6.45, 7) is 0. The Kier molecular flexibility index (Phi) is 3.64. The molecule has 2 heterocycles. The first-order valence-corrected chi connectivity index (χ1v) is 9.64. The molecule has 0 aliphatic heterocycles. The molecule has 2 nitrogen and oxygen atoms in total.